The largest absolute Gasteiger partial charge is 0.370 e. The molecule has 1 fully saturated rings. The van der Waals surface area contributed by atoms with Crippen LogP contribution in [0.15, 0.2) is 77.7 Å². The summed E-state index contributed by atoms with van der Waals surface area (Å²) in [5.41, 5.74) is 2.64. The summed E-state index contributed by atoms with van der Waals surface area (Å²) >= 11 is 0. The summed E-state index contributed by atoms with van der Waals surface area (Å²) in [5, 5.41) is 0. The van der Waals surface area contributed by atoms with Crippen LogP contribution in [0.3, 0.4) is 0 Å². The predicted octanol–water partition coefficient (Wildman–Crippen LogP) is 3.83. The smallest absolute Gasteiger partial charge is 0.254 e. The highest BCUT2D eigenvalue weighted by atomic mass is 32.2. The van der Waals surface area contributed by atoms with Gasteiger partial charge in [-0.15, -0.1) is 0 Å². The Morgan fingerprint density at radius 1 is 1.09 bits per heavy atom. The molecule has 0 bridgehead atoms. The minimum absolute atomic E-state index is 0.0377. The van der Waals surface area contributed by atoms with Gasteiger partial charge in [-0.3, -0.25) is 4.79 Å². The van der Waals surface area contributed by atoms with Crippen molar-refractivity contribution in [3.8, 4) is 0 Å². The molecule has 8 heteroatoms. The van der Waals surface area contributed by atoms with Crippen LogP contribution >= 0.6 is 0 Å². The summed E-state index contributed by atoms with van der Waals surface area (Å²) in [6, 6.07) is 19.8. The van der Waals surface area contributed by atoms with Crippen LogP contribution in [0.1, 0.15) is 33.2 Å². The molecule has 1 heterocycles. The van der Waals surface area contributed by atoms with Gasteiger partial charge in [0.1, 0.15) is 11.9 Å². The van der Waals surface area contributed by atoms with E-state index in [1.54, 1.807) is 30.0 Å². The lowest BCUT2D eigenvalue weighted by Gasteiger charge is -2.33. The predicted molar refractivity (Wildman–Crippen MR) is 123 cm³/mol. The van der Waals surface area contributed by atoms with Crippen LogP contribution in [-0.4, -0.2) is 38.9 Å². The number of hydrogen-bond acceptors (Lipinski definition) is 4. The first kappa shape index (κ1) is 23.1. The normalized spacial score (nSPS) is 16.5. The van der Waals surface area contributed by atoms with Crippen LogP contribution in [0.5, 0.6) is 0 Å². The molecular formula is C25H25FN2O4S. The maximum atomic E-state index is 13.3. The first-order valence-corrected chi connectivity index (χ1v) is 12.1. The van der Waals surface area contributed by atoms with Gasteiger partial charge in [0.15, 0.2) is 0 Å². The maximum absolute atomic E-state index is 13.3. The third-order valence-corrected chi connectivity index (χ3v) is 7.05. The lowest BCUT2D eigenvalue weighted by Crippen LogP contribution is -2.42. The topological polar surface area (TPSA) is 75.7 Å². The number of sulfonamides is 1. The standard InChI is InChI=1S/C25H25FN2O4S/c1-18-7-12-22(33(30,31)27-16-19-5-3-2-4-6-19)15-23(18)25(29)28-13-14-32-24(17-28)20-8-10-21(26)11-9-20/h2-12,15,24,27H,13-14,16-17H2,1H3. The van der Waals surface area contributed by atoms with Crippen LogP contribution in [0.2, 0.25) is 0 Å². The van der Waals surface area contributed by atoms with E-state index in [4.69, 9.17) is 4.74 Å². The molecule has 1 saturated heterocycles. The molecule has 0 aromatic heterocycles. The molecular weight excluding hydrogens is 443 g/mol. The molecule has 0 aliphatic carbocycles. The van der Waals surface area contributed by atoms with Crippen LogP contribution < -0.4 is 4.72 Å². The molecule has 172 valence electrons. The number of halogens is 1. The van der Waals surface area contributed by atoms with Crippen molar-refractivity contribution in [1.29, 1.82) is 0 Å². The van der Waals surface area contributed by atoms with E-state index >= 15 is 0 Å². The number of amides is 1. The Kier molecular flexibility index (Phi) is 6.88. The van der Waals surface area contributed by atoms with E-state index in [-0.39, 0.29) is 29.3 Å². The SMILES string of the molecule is Cc1ccc(S(=O)(=O)NCc2ccccc2)cc1C(=O)N1CCOC(c2ccc(F)cc2)C1. The number of hydrogen-bond donors (Lipinski definition) is 1. The number of benzene rings is 3. The van der Waals surface area contributed by atoms with Crippen molar-refractivity contribution >= 4 is 15.9 Å². The fraction of sp³-hybridized carbons (Fsp3) is 0.240. The van der Waals surface area contributed by atoms with Gasteiger partial charge in [0.05, 0.1) is 18.0 Å². The minimum Gasteiger partial charge on any atom is -0.370 e. The maximum Gasteiger partial charge on any atom is 0.254 e. The van der Waals surface area contributed by atoms with Gasteiger partial charge in [0.25, 0.3) is 5.91 Å². The van der Waals surface area contributed by atoms with E-state index in [9.17, 15) is 17.6 Å². The summed E-state index contributed by atoms with van der Waals surface area (Å²) in [4.78, 5) is 15.0. The molecule has 33 heavy (non-hydrogen) atoms. The lowest BCUT2D eigenvalue weighted by atomic mass is 10.0. The lowest BCUT2D eigenvalue weighted by molar-refractivity contribution is -0.0228. The first-order valence-electron chi connectivity index (χ1n) is 10.6. The molecule has 1 unspecified atom stereocenters. The second kappa shape index (κ2) is 9.82. The van der Waals surface area contributed by atoms with Gasteiger partial charge < -0.3 is 9.64 Å². The van der Waals surface area contributed by atoms with Gasteiger partial charge in [-0.1, -0.05) is 48.5 Å². The molecule has 1 amide bonds. The molecule has 1 atom stereocenters. The second-order valence-corrected chi connectivity index (χ2v) is 9.72. The van der Waals surface area contributed by atoms with Crippen LogP contribution in [0, 0.1) is 12.7 Å². The van der Waals surface area contributed by atoms with Crippen LogP contribution in [0.25, 0.3) is 0 Å². The number of carbonyl (C=O) groups is 1. The Balaban J connectivity index is 1.51. The van der Waals surface area contributed by atoms with E-state index < -0.39 is 10.0 Å². The Morgan fingerprint density at radius 2 is 1.82 bits per heavy atom. The number of nitrogens with zero attached hydrogens (tertiary/aromatic N) is 1. The zero-order chi connectivity index (χ0) is 23.4. The monoisotopic (exact) mass is 468 g/mol. The third-order valence-electron chi connectivity index (χ3n) is 5.65. The first-order chi connectivity index (χ1) is 15.8. The summed E-state index contributed by atoms with van der Waals surface area (Å²) in [7, 11) is -3.80. The van der Waals surface area contributed by atoms with E-state index in [1.807, 2.05) is 30.3 Å². The summed E-state index contributed by atoms with van der Waals surface area (Å²) in [6.07, 6.45) is -0.372. The van der Waals surface area contributed by atoms with Crippen molar-refractivity contribution in [3.63, 3.8) is 0 Å². The van der Waals surface area contributed by atoms with Crippen molar-refractivity contribution in [2.24, 2.45) is 0 Å². The van der Waals surface area contributed by atoms with Gasteiger partial charge in [0.2, 0.25) is 10.0 Å². The van der Waals surface area contributed by atoms with Gasteiger partial charge in [-0.05, 0) is 47.9 Å². The number of rotatable bonds is 6. The van der Waals surface area contributed by atoms with Crippen molar-refractivity contribution in [2.75, 3.05) is 19.7 Å². The number of morpholine rings is 1. The fourth-order valence-electron chi connectivity index (χ4n) is 3.74. The van der Waals surface area contributed by atoms with E-state index in [2.05, 4.69) is 4.72 Å². The molecule has 1 aliphatic heterocycles. The average molecular weight is 469 g/mol. The van der Waals surface area contributed by atoms with Crippen molar-refractivity contribution in [3.05, 3.63) is 101 Å². The van der Waals surface area contributed by atoms with Crippen molar-refractivity contribution in [2.45, 2.75) is 24.5 Å². The molecule has 1 aliphatic rings. The number of nitrogens with one attached hydrogen (secondary N) is 1. The number of carbonyl (C=O) groups excluding carboxylic acids is 1. The molecule has 3 aromatic carbocycles. The molecule has 1 N–H and O–H groups in total. The summed E-state index contributed by atoms with van der Waals surface area (Å²) < 4.78 is 47.3. The summed E-state index contributed by atoms with van der Waals surface area (Å²) in [5.74, 6) is -0.597. The van der Waals surface area contributed by atoms with Gasteiger partial charge in [-0.2, -0.15) is 0 Å². The van der Waals surface area contributed by atoms with Gasteiger partial charge in [-0.25, -0.2) is 17.5 Å². The molecule has 0 radical (unpaired) electrons. The van der Waals surface area contributed by atoms with E-state index in [0.29, 0.717) is 30.8 Å². The zero-order valence-electron chi connectivity index (χ0n) is 18.2. The van der Waals surface area contributed by atoms with E-state index in [1.165, 1.54) is 24.3 Å². The highest BCUT2D eigenvalue weighted by Gasteiger charge is 2.28. The highest BCUT2D eigenvalue weighted by Crippen LogP contribution is 2.25. The molecule has 3 aromatic rings. The number of aryl methyl sites for hydroxylation is 1. The van der Waals surface area contributed by atoms with E-state index in [0.717, 1.165) is 11.1 Å². The molecule has 6 nitrogen and oxygen atoms in total. The average Bonchev–Trinajstić information content (AvgIpc) is 2.84. The molecule has 0 saturated carbocycles. The Hall–Kier alpha value is -3.07. The van der Waals surface area contributed by atoms with Crippen LogP contribution in [-0.2, 0) is 21.3 Å². The highest BCUT2D eigenvalue weighted by molar-refractivity contribution is 7.89. The van der Waals surface area contributed by atoms with Gasteiger partial charge in [0, 0.05) is 18.7 Å². The quantitative estimate of drug-likeness (QED) is 0.597. The third kappa shape index (κ3) is 5.47. The van der Waals surface area contributed by atoms with Crippen LogP contribution in [0.4, 0.5) is 4.39 Å². The van der Waals surface area contributed by atoms with Gasteiger partial charge >= 0.3 is 0 Å². The molecule has 4 rings (SSSR count). The fourth-order valence-corrected chi connectivity index (χ4v) is 4.78. The molecule has 0 spiro atoms. The summed E-state index contributed by atoms with van der Waals surface area (Å²) in [6.45, 7) is 2.96. The number of ether oxygens (including phenoxy) is 1. The Bertz CT molecular complexity index is 1230. The van der Waals surface area contributed by atoms with Crippen molar-refractivity contribution in [1.82, 2.24) is 9.62 Å². The zero-order valence-corrected chi connectivity index (χ0v) is 19.0. The Morgan fingerprint density at radius 3 is 2.55 bits per heavy atom. The minimum atomic E-state index is -3.80. The second-order valence-electron chi connectivity index (χ2n) is 7.95. The van der Waals surface area contributed by atoms with Crippen molar-refractivity contribution < 1.29 is 22.3 Å². The Labute approximate surface area is 193 Å².